The Morgan fingerprint density at radius 2 is 2.00 bits per heavy atom. The van der Waals surface area contributed by atoms with Gasteiger partial charge < -0.3 is 29.2 Å². The predicted octanol–water partition coefficient (Wildman–Crippen LogP) is 5.05. The predicted molar refractivity (Wildman–Crippen MR) is 183 cm³/mol. The molecule has 3 N–H and O–H groups in total. The average Bonchev–Trinajstić information content (AvgIpc) is 3.61. The molecule has 4 aromatic rings. The number of nitrogens with zero attached hydrogens (tertiary/aromatic N) is 5. The van der Waals surface area contributed by atoms with Crippen molar-refractivity contribution in [2.45, 2.75) is 52.5 Å². The number of rotatable bonds is 11. The van der Waals surface area contributed by atoms with Crippen LogP contribution in [0.25, 0.3) is 21.9 Å². The number of terminal acetylenes is 1. The molecule has 0 amide bonds. The number of carbonyl (C=O) groups excluding carboxylic acids is 1. The molecule has 1 saturated heterocycles. The maximum atomic E-state index is 12.9. The molecule has 14 heteroatoms. The van der Waals surface area contributed by atoms with Gasteiger partial charge in [-0.15, -0.1) is 6.42 Å². The smallest absolute Gasteiger partial charge is 0.323 e. The van der Waals surface area contributed by atoms with Gasteiger partial charge in [-0.2, -0.15) is 9.97 Å². The molecule has 5 rings (SSSR count). The maximum Gasteiger partial charge on any atom is 0.323 e. The number of aromatic nitrogens is 4. The molecule has 0 bridgehead atoms. The van der Waals surface area contributed by atoms with Gasteiger partial charge >= 0.3 is 12.6 Å². The maximum absolute atomic E-state index is 12.9. The van der Waals surface area contributed by atoms with Crippen molar-refractivity contribution in [3.63, 3.8) is 0 Å². The van der Waals surface area contributed by atoms with E-state index in [0.717, 1.165) is 10.8 Å². The topological polar surface area (TPSA) is 139 Å². The van der Waals surface area contributed by atoms with Crippen molar-refractivity contribution in [1.29, 1.82) is 0 Å². The fraction of sp³-hybridized carbons (Fsp3) is 0.438. The minimum absolute atomic E-state index is 0.0557. The number of hydrogen-bond acceptors (Lipinski definition) is 11. The van der Waals surface area contributed by atoms with Gasteiger partial charge in [-0.3, -0.25) is 9.36 Å². The normalized spacial score (nSPS) is 20.2. The van der Waals surface area contributed by atoms with Crippen LogP contribution in [0.2, 0.25) is 0 Å². The second-order valence-electron chi connectivity index (χ2n) is 12.7. The molecule has 3 heterocycles. The first-order valence-corrected chi connectivity index (χ1v) is 17.6. The van der Waals surface area contributed by atoms with Gasteiger partial charge in [0.25, 0.3) is 0 Å². The Kier molecular flexibility index (Phi) is 9.86. The summed E-state index contributed by atoms with van der Waals surface area (Å²) in [5, 5.41) is 4.98. The van der Waals surface area contributed by atoms with E-state index in [0.29, 0.717) is 29.2 Å². The molecular weight excluding hydrogens is 625 g/mol. The monoisotopic (exact) mass is 665 g/mol. The number of hydrogen-bond donors (Lipinski definition) is 2. The van der Waals surface area contributed by atoms with Crippen LogP contribution in [0.15, 0.2) is 48.8 Å². The standard InChI is InChI=1S/C32H40N7O5PS/c1-8-21-16-23(43-29(21)39-19-34-26-27(38(6)7)35-31(33)36-28(26)39)17-42-45(46,37-20(2)30(40)41-18-32(3,4)5)44-25-15-11-13-22-12-9-10-14-24(22)25/h1,9-15,19-21,23,29H,16-18H2,2-7H3,(H,37,46)(H2,33,35,36)/t20-,21+,23+,29-,45-/m1/s1. The van der Waals surface area contributed by atoms with Crippen LogP contribution >= 0.6 is 6.64 Å². The molecule has 244 valence electrons. The molecule has 1 aliphatic heterocycles. The number of anilines is 2. The molecule has 0 aliphatic carbocycles. The first-order valence-electron chi connectivity index (χ1n) is 14.9. The largest absolute Gasteiger partial charge is 0.464 e. The Labute approximate surface area is 274 Å². The van der Waals surface area contributed by atoms with Gasteiger partial charge in [0.15, 0.2) is 23.2 Å². The van der Waals surface area contributed by atoms with Crippen molar-refractivity contribution < 1.29 is 23.3 Å². The van der Waals surface area contributed by atoms with Crippen molar-refractivity contribution >= 4 is 58.1 Å². The Morgan fingerprint density at radius 1 is 1.26 bits per heavy atom. The molecule has 0 spiro atoms. The SMILES string of the molecule is C#C[C@H]1C[C@@H](CO[P@](=S)(N[C@H](C)C(=O)OCC(C)(C)C)Oc2cccc3ccccc23)O[C@H]1n1cnc2c(N(C)C)nc(N)nc21. The molecular formula is C32H40N7O5PS. The number of ether oxygens (including phenoxy) is 2. The fourth-order valence-electron chi connectivity index (χ4n) is 5.06. The van der Waals surface area contributed by atoms with Gasteiger partial charge in [0.1, 0.15) is 11.8 Å². The quantitative estimate of drug-likeness (QED) is 0.126. The summed E-state index contributed by atoms with van der Waals surface area (Å²) < 4.78 is 26.6. The van der Waals surface area contributed by atoms with Crippen LogP contribution in [-0.4, -0.2) is 64.9 Å². The molecule has 46 heavy (non-hydrogen) atoms. The van der Waals surface area contributed by atoms with Crippen LogP contribution in [0.3, 0.4) is 0 Å². The van der Waals surface area contributed by atoms with Crippen LogP contribution in [0.4, 0.5) is 11.8 Å². The second kappa shape index (κ2) is 13.5. The zero-order valence-electron chi connectivity index (χ0n) is 26.8. The van der Waals surface area contributed by atoms with Crippen LogP contribution in [-0.2, 0) is 30.6 Å². The van der Waals surface area contributed by atoms with Crippen molar-refractivity contribution in [2.75, 3.05) is 37.9 Å². The lowest BCUT2D eigenvalue weighted by atomic mass is 9.99. The molecule has 1 aliphatic rings. The fourth-order valence-corrected chi connectivity index (χ4v) is 7.50. The van der Waals surface area contributed by atoms with E-state index in [-0.39, 0.29) is 30.5 Å². The van der Waals surface area contributed by atoms with Crippen LogP contribution in [0, 0.1) is 23.7 Å². The van der Waals surface area contributed by atoms with Crippen molar-refractivity contribution in [3.05, 3.63) is 48.8 Å². The van der Waals surface area contributed by atoms with Gasteiger partial charge in [0.2, 0.25) is 5.95 Å². The summed E-state index contributed by atoms with van der Waals surface area (Å²) >= 11 is 6.02. The van der Waals surface area contributed by atoms with Gasteiger partial charge in [-0.25, -0.2) is 10.1 Å². The summed E-state index contributed by atoms with van der Waals surface area (Å²) in [5.74, 6) is 3.30. The van der Waals surface area contributed by atoms with E-state index in [1.165, 1.54) is 0 Å². The van der Waals surface area contributed by atoms with Crippen LogP contribution in [0.5, 0.6) is 5.75 Å². The van der Waals surface area contributed by atoms with Gasteiger partial charge in [-0.05, 0) is 42.0 Å². The number of carbonyl (C=O) groups is 1. The summed E-state index contributed by atoms with van der Waals surface area (Å²) in [7, 11) is 3.71. The Bertz CT molecular complexity index is 1810. The highest BCUT2D eigenvalue weighted by atomic mass is 32.5. The zero-order chi connectivity index (χ0) is 33.2. The summed E-state index contributed by atoms with van der Waals surface area (Å²) in [5.41, 5.74) is 6.92. The zero-order valence-corrected chi connectivity index (χ0v) is 28.5. The molecule has 12 nitrogen and oxygen atoms in total. The highest BCUT2D eigenvalue weighted by Crippen LogP contribution is 2.48. The number of imidazole rings is 1. The number of benzene rings is 2. The van der Waals surface area contributed by atoms with Crippen LogP contribution in [0.1, 0.15) is 40.3 Å². The molecule has 5 atom stereocenters. The van der Waals surface area contributed by atoms with Gasteiger partial charge in [0, 0.05) is 19.5 Å². The number of nitrogen functional groups attached to an aromatic ring is 1. The van der Waals surface area contributed by atoms with Crippen molar-refractivity contribution in [2.24, 2.45) is 11.3 Å². The second-order valence-corrected chi connectivity index (χ2v) is 15.8. The van der Waals surface area contributed by atoms with E-state index < -0.39 is 31.0 Å². The van der Waals surface area contributed by atoms with Gasteiger partial charge in [-0.1, -0.05) is 63.1 Å². The number of nitrogens with two attached hydrogens (primary N) is 1. The highest BCUT2D eigenvalue weighted by molar-refractivity contribution is 8.09. The molecule has 0 radical (unpaired) electrons. The molecule has 0 saturated carbocycles. The lowest BCUT2D eigenvalue weighted by Gasteiger charge is -2.28. The van der Waals surface area contributed by atoms with Crippen molar-refractivity contribution in [1.82, 2.24) is 24.6 Å². The molecule has 1 fully saturated rings. The minimum atomic E-state index is -3.35. The van der Waals surface area contributed by atoms with E-state index in [9.17, 15) is 4.79 Å². The number of fused-ring (bicyclic) bond motifs is 2. The van der Waals surface area contributed by atoms with E-state index in [1.807, 2.05) is 82.2 Å². The number of esters is 1. The highest BCUT2D eigenvalue weighted by Gasteiger charge is 2.39. The Hall–Kier alpha value is -3.79. The molecule has 0 unspecified atom stereocenters. The van der Waals surface area contributed by atoms with E-state index in [1.54, 1.807) is 17.8 Å². The molecule has 2 aromatic carbocycles. The Morgan fingerprint density at radius 3 is 2.72 bits per heavy atom. The third kappa shape index (κ3) is 7.60. The lowest BCUT2D eigenvalue weighted by Crippen LogP contribution is -2.36. The summed E-state index contributed by atoms with van der Waals surface area (Å²) in [6.45, 7) is 4.60. The first kappa shape index (κ1) is 33.6. The first-order chi connectivity index (χ1) is 21.8. The van der Waals surface area contributed by atoms with Crippen LogP contribution < -0.4 is 20.2 Å². The summed E-state index contributed by atoms with van der Waals surface area (Å²) in [6, 6.07) is 12.7. The minimum Gasteiger partial charge on any atom is -0.464 e. The third-order valence-electron chi connectivity index (χ3n) is 7.28. The summed E-state index contributed by atoms with van der Waals surface area (Å²) in [4.78, 5) is 28.0. The van der Waals surface area contributed by atoms with Gasteiger partial charge in [0.05, 0.1) is 31.6 Å². The summed E-state index contributed by atoms with van der Waals surface area (Å²) in [6.07, 6.45) is 7.05. The Balaban J connectivity index is 1.37. The van der Waals surface area contributed by atoms with E-state index in [4.69, 9.17) is 42.5 Å². The van der Waals surface area contributed by atoms with E-state index in [2.05, 4.69) is 26.0 Å². The lowest BCUT2D eigenvalue weighted by molar-refractivity contribution is -0.148. The number of nitrogens with one attached hydrogen (secondary N) is 1. The van der Waals surface area contributed by atoms with Crippen molar-refractivity contribution in [3.8, 4) is 18.1 Å². The average molecular weight is 666 g/mol. The molecule has 2 aromatic heterocycles. The van der Waals surface area contributed by atoms with E-state index >= 15 is 0 Å². The third-order valence-corrected chi connectivity index (χ3v) is 9.76.